The van der Waals surface area contributed by atoms with E-state index in [1.54, 1.807) is 47.5 Å². The Hall–Kier alpha value is -3.85. The molecule has 182 valence electrons. The minimum absolute atomic E-state index is 0.0784. The number of hydrogen-bond acceptors (Lipinski definition) is 6. The number of carbonyl (C=O) groups is 1. The monoisotopic (exact) mass is 479 g/mol. The first kappa shape index (κ1) is 22.9. The third kappa shape index (κ3) is 4.46. The van der Waals surface area contributed by atoms with Gasteiger partial charge in [-0.2, -0.15) is 0 Å². The topological polar surface area (TPSA) is 85.9 Å². The van der Waals surface area contributed by atoms with Crippen LogP contribution in [0.3, 0.4) is 0 Å². The molecule has 35 heavy (non-hydrogen) atoms. The molecule has 0 spiro atoms. The van der Waals surface area contributed by atoms with Crippen molar-refractivity contribution in [2.45, 2.75) is 33.0 Å². The number of hydrogen-bond donors (Lipinski definition) is 1. The van der Waals surface area contributed by atoms with Crippen molar-refractivity contribution >= 4 is 27.9 Å². The van der Waals surface area contributed by atoms with Gasteiger partial charge in [-0.3, -0.25) is 4.98 Å². The smallest absolute Gasteiger partial charge is 0.415 e. The summed E-state index contributed by atoms with van der Waals surface area (Å²) in [5, 5.41) is 0.994. The van der Waals surface area contributed by atoms with Gasteiger partial charge in [0.05, 0.1) is 37.9 Å². The molecule has 8 nitrogen and oxygen atoms in total. The van der Waals surface area contributed by atoms with E-state index in [9.17, 15) is 4.79 Å². The number of benzene rings is 2. The quantitative estimate of drug-likeness (QED) is 0.412. The molecule has 2 aromatic carbocycles. The summed E-state index contributed by atoms with van der Waals surface area (Å²) < 4.78 is 38.0. The highest BCUT2D eigenvalue weighted by Gasteiger charge is 2.28. The maximum absolute atomic E-state index is 15.1. The summed E-state index contributed by atoms with van der Waals surface area (Å²) in [6.45, 7) is 6.54. The summed E-state index contributed by atoms with van der Waals surface area (Å²) >= 11 is 0. The molecule has 1 fully saturated rings. The molecule has 1 aliphatic heterocycles. The van der Waals surface area contributed by atoms with Crippen molar-refractivity contribution in [2.24, 2.45) is 0 Å². The highest BCUT2D eigenvalue weighted by Crippen LogP contribution is 2.38. The molecule has 0 radical (unpaired) electrons. The first-order valence-electron chi connectivity index (χ1n) is 11.4. The van der Waals surface area contributed by atoms with Crippen molar-refractivity contribution < 1.29 is 28.1 Å². The average Bonchev–Trinajstić information content (AvgIpc) is 3.21. The van der Waals surface area contributed by atoms with Gasteiger partial charge in [0.25, 0.3) is 0 Å². The molecule has 1 saturated heterocycles. The van der Waals surface area contributed by atoms with Crippen LogP contribution in [0, 0.1) is 12.7 Å². The highest BCUT2D eigenvalue weighted by atomic mass is 19.1. The van der Waals surface area contributed by atoms with Gasteiger partial charge in [-0.05, 0) is 51.1 Å². The minimum Gasteiger partial charge on any atom is -0.493 e. The van der Waals surface area contributed by atoms with Crippen LogP contribution in [-0.2, 0) is 4.74 Å². The Balaban J connectivity index is 1.49. The number of nitrogens with zero attached hydrogens (tertiary/aromatic N) is 2. The lowest BCUT2D eigenvalue weighted by atomic mass is 10.1. The van der Waals surface area contributed by atoms with Gasteiger partial charge in [-0.1, -0.05) is 0 Å². The predicted molar refractivity (Wildman–Crippen MR) is 129 cm³/mol. The Kier molecular flexibility index (Phi) is 5.94. The van der Waals surface area contributed by atoms with Crippen LogP contribution in [0.4, 0.5) is 9.18 Å². The van der Waals surface area contributed by atoms with Crippen LogP contribution in [0.5, 0.6) is 23.0 Å². The third-order valence-electron chi connectivity index (χ3n) is 5.92. The molecule has 1 N–H and O–H groups in total. The zero-order valence-electron chi connectivity index (χ0n) is 19.9. The van der Waals surface area contributed by atoms with Crippen LogP contribution in [0.1, 0.15) is 19.5 Å². The third-order valence-corrected chi connectivity index (χ3v) is 5.92. The van der Waals surface area contributed by atoms with E-state index in [4.69, 9.17) is 18.9 Å². The Morgan fingerprint density at radius 1 is 1.06 bits per heavy atom. The Bertz CT molecular complexity index is 1410. The Morgan fingerprint density at radius 3 is 2.57 bits per heavy atom. The molecular formula is C26H26FN3O5. The van der Waals surface area contributed by atoms with E-state index in [-0.39, 0.29) is 23.7 Å². The second-order valence-corrected chi connectivity index (χ2v) is 8.75. The van der Waals surface area contributed by atoms with Gasteiger partial charge in [0.15, 0.2) is 23.1 Å². The van der Waals surface area contributed by atoms with Gasteiger partial charge >= 0.3 is 6.09 Å². The van der Waals surface area contributed by atoms with Gasteiger partial charge < -0.3 is 28.8 Å². The van der Waals surface area contributed by atoms with Crippen LogP contribution in [0.25, 0.3) is 21.8 Å². The van der Waals surface area contributed by atoms with E-state index in [1.807, 2.05) is 20.8 Å². The summed E-state index contributed by atoms with van der Waals surface area (Å²) in [5.74, 6) is 0.545. The number of amides is 1. The lowest BCUT2D eigenvalue weighted by molar-refractivity contribution is -0.0593. The van der Waals surface area contributed by atoms with Gasteiger partial charge in [0.2, 0.25) is 0 Å². The second kappa shape index (κ2) is 9.07. The molecule has 0 aliphatic carbocycles. The SMILES string of the molecule is COc1cc2nccc(Oc3ccc4[nH]c(C)cc4c3F)c2cc1OC(=O)N1C[C@@H](C)O[C@H](C)C1. The number of aryl methyl sites for hydroxylation is 1. The molecular weight excluding hydrogens is 453 g/mol. The summed E-state index contributed by atoms with van der Waals surface area (Å²) in [6.07, 6.45) is 0.876. The average molecular weight is 480 g/mol. The van der Waals surface area contributed by atoms with E-state index in [2.05, 4.69) is 9.97 Å². The lowest BCUT2D eigenvalue weighted by Crippen LogP contribution is -2.49. The molecule has 1 aliphatic rings. The van der Waals surface area contributed by atoms with Crippen LogP contribution >= 0.6 is 0 Å². The van der Waals surface area contributed by atoms with Crippen molar-refractivity contribution in [1.82, 2.24) is 14.9 Å². The first-order valence-corrected chi connectivity index (χ1v) is 11.4. The number of halogens is 1. The number of methoxy groups -OCH3 is 1. The Morgan fingerprint density at radius 2 is 1.83 bits per heavy atom. The maximum atomic E-state index is 15.1. The van der Waals surface area contributed by atoms with E-state index < -0.39 is 11.9 Å². The fourth-order valence-corrected chi connectivity index (χ4v) is 4.43. The summed E-state index contributed by atoms with van der Waals surface area (Å²) in [6, 6.07) is 9.99. The van der Waals surface area contributed by atoms with Crippen molar-refractivity contribution in [3.8, 4) is 23.0 Å². The molecule has 2 atom stereocenters. The number of fused-ring (bicyclic) bond motifs is 2. The molecule has 0 saturated carbocycles. The number of carbonyl (C=O) groups excluding carboxylic acids is 1. The Labute approximate surface area is 201 Å². The van der Waals surface area contributed by atoms with E-state index in [0.717, 1.165) is 5.69 Å². The zero-order valence-corrected chi connectivity index (χ0v) is 19.9. The number of aromatic nitrogens is 2. The number of H-pyrrole nitrogens is 1. The standard InChI is InChI=1S/C26H26FN3O5/c1-14-9-18-19(29-14)5-6-22(25(18)27)34-21-7-8-28-20-11-23(32-4)24(10-17(20)21)35-26(31)30-12-15(2)33-16(3)13-30/h5-11,15-16,29H,12-13H2,1-4H3/t15-,16-/m1/s1. The molecule has 0 bridgehead atoms. The van der Waals surface area contributed by atoms with Crippen LogP contribution in [0.15, 0.2) is 42.6 Å². The summed E-state index contributed by atoms with van der Waals surface area (Å²) in [4.78, 5) is 22.0. The number of morpholine rings is 1. The lowest BCUT2D eigenvalue weighted by Gasteiger charge is -2.34. The second-order valence-electron chi connectivity index (χ2n) is 8.75. The van der Waals surface area contributed by atoms with E-state index >= 15 is 4.39 Å². The van der Waals surface area contributed by atoms with Crippen LogP contribution in [-0.4, -0.2) is 53.4 Å². The number of ether oxygens (including phenoxy) is 4. The summed E-state index contributed by atoms with van der Waals surface area (Å²) in [5.41, 5.74) is 2.09. The van der Waals surface area contributed by atoms with Crippen molar-refractivity contribution in [1.29, 1.82) is 0 Å². The molecule has 9 heteroatoms. The van der Waals surface area contributed by atoms with E-state index in [0.29, 0.717) is 46.4 Å². The fraction of sp³-hybridized carbons (Fsp3) is 0.308. The van der Waals surface area contributed by atoms with Crippen molar-refractivity contribution in [3.05, 3.63) is 54.1 Å². The summed E-state index contributed by atoms with van der Waals surface area (Å²) in [7, 11) is 1.49. The number of rotatable bonds is 4. The van der Waals surface area contributed by atoms with Crippen LogP contribution in [0.2, 0.25) is 0 Å². The molecule has 3 heterocycles. The van der Waals surface area contributed by atoms with Gasteiger partial charge in [-0.25, -0.2) is 9.18 Å². The van der Waals surface area contributed by atoms with Gasteiger partial charge in [0.1, 0.15) is 5.75 Å². The van der Waals surface area contributed by atoms with Crippen molar-refractivity contribution in [2.75, 3.05) is 20.2 Å². The maximum Gasteiger partial charge on any atom is 0.415 e. The number of aromatic amines is 1. The zero-order chi connectivity index (χ0) is 24.7. The van der Waals surface area contributed by atoms with Gasteiger partial charge in [0, 0.05) is 34.2 Å². The van der Waals surface area contributed by atoms with Crippen LogP contribution < -0.4 is 14.2 Å². The highest BCUT2D eigenvalue weighted by molar-refractivity contribution is 5.89. The molecule has 1 amide bonds. The predicted octanol–water partition coefficient (Wildman–Crippen LogP) is 5.57. The van der Waals surface area contributed by atoms with E-state index in [1.165, 1.54) is 7.11 Å². The molecule has 2 aromatic heterocycles. The normalized spacial score (nSPS) is 18.1. The molecule has 5 rings (SSSR count). The first-order chi connectivity index (χ1) is 16.8. The van der Waals surface area contributed by atoms with Crippen molar-refractivity contribution in [3.63, 3.8) is 0 Å². The molecule has 4 aromatic rings. The van der Waals surface area contributed by atoms with Gasteiger partial charge in [-0.15, -0.1) is 0 Å². The minimum atomic E-state index is -0.504. The number of pyridine rings is 1. The molecule has 0 unspecified atom stereocenters. The largest absolute Gasteiger partial charge is 0.493 e. The fourth-order valence-electron chi connectivity index (χ4n) is 4.43. The number of nitrogens with one attached hydrogen (secondary N) is 1.